The van der Waals surface area contributed by atoms with Gasteiger partial charge >= 0.3 is 0 Å². The minimum atomic E-state index is -0.259. The summed E-state index contributed by atoms with van der Waals surface area (Å²) in [6.45, 7) is 3.74. The number of halogens is 1. The van der Waals surface area contributed by atoms with Crippen molar-refractivity contribution in [2.24, 2.45) is 7.05 Å². The van der Waals surface area contributed by atoms with E-state index in [9.17, 15) is 4.79 Å². The van der Waals surface area contributed by atoms with Crippen molar-refractivity contribution in [2.45, 2.75) is 0 Å². The zero-order valence-corrected chi connectivity index (χ0v) is 11.6. The summed E-state index contributed by atoms with van der Waals surface area (Å²) in [4.78, 5) is 27.3. The van der Waals surface area contributed by atoms with Gasteiger partial charge in [0.15, 0.2) is 11.2 Å². The normalized spacial score (nSPS) is 17.3. The zero-order valence-electron chi connectivity index (χ0n) is 10.9. The highest BCUT2D eigenvalue weighted by molar-refractivity contribution is 6.28. The number of fused-ring (bicyclic) bond motifs is 1. The Balaban J connectivity index is 2.08. The first-order valence-electron chi connectivity index (χ1n) is 6.12. The summed E-state index contributed by atoms with van der Waals surface area (Å²) in [5.41, 5.74) is 0.592. The number of rotatable bonds is 1. The average Bonchev–Trinajstić information content (AvgIpc) is 2.67. The van der Waals surface area contributed by atoms with Crippen LogP contribution in [0.3, 0.4) is 0 Å². The van der Waals surface area contributed by atoms with Gasteiger partial charge in [-0.2, -0.15) is 9.97 Å². The second kappa shape index (κ2) is 4.50. The van der Waals surface area contributed by atoms with Gasteiger partial charge in [0.2, 0.25) is 11.2 Å². The van der Waals surface area contributed by atoms with Crippen LogP contribution in [0, 0.1) is 0 Å². The molecule has 1 aliphatic rings. The second-order valence-electron chi connectivity index (χ2n) is 4.79. The fourth-order valence-corrected chi connectivity index (χ4v) is 2.53. The number of hydrogen-bond donors (Lipinski definition) is 1. The molecule has 0 aromatic carbocycles. The molecule has 0 radical (unpaired) electrons. The van der Waals surface area contributed by atoms with Gasteiger partial charge < -0.3 is 14.4 Å². The van der Waals surface area contributed by atoms with Crippen LogP contribution < -0.4 is 10.5 Å². The summed E-state index contributed by atoms with van der Waals surface area (Å²) in [5.74, 6) is 0.767. The van der Waals surface area contributed by atoms with E-state index >= 15 is 0 Å². The number of piperazine rings is 1. The first-order chi connectivity index (χ1) is 9.06. The molecular weight excluding hydrogens is 268 g/mol. The number of hydrogen-bond acceptors (Lipinski definition) is 5. The Morgan fingerprint density at radius 2 is 1.84 bits per heavy atom. The van der Waals surface area contributed by atoms with Gasteiger partial charge in [0.1, 0.15) is 0 Å². The van der Waals surface area contributed by atoms with Crippen molar-refractivity contribution < 1.29 is 0 Å². The van der Waals surface area contributed by atoms with E-state index in [1.54, 1.807) is 4.57 Å². The Hall–Kier alpha value is -1.60. The lowest BCUT2D eigenvalue weighted by Gasteiger charge is -2.32. The van der Waals surface area contributed by atoms with E-state index in [0.29, 0.717) is 11.2 Å². The van der Waals surface area contributed by atoms with Crippen molar-refractivity contribution in [1.82, 2.24) is 24.4 Å². The lowest BCUT2D eigenvalue weighted by atomic mass is 10.3. The van der Waals surface area contributed by atoms with Gasteiger partial charge in [-0.15, -0.1) is 0 Å². The summed E-state index contributed by atoms with van der Waals surface area (Å²) in [6, 6.07) is 0. The summed E-state index contributed by atoms with van der Waals surface area (Å²) < 4.78 is 1.78. The number of aromatic nitrogens is 4. The van der Waals surface area contributed by atoms with Crippen molar-refractivity contribution in [2.75, 3.05) is 38.1 Å². The van der Waals surface area contributed by atoms with Gasteiger partial charge in [0, 0.05) is 33.2 Å². The molecule has 0 spiro atoms. The first kappa shape index (κ1) is 12.4. The Morgan fingerprint density at radius 3 is 2.53 bits per heavy atom. The molecule has 2 aromatic rings. The highest BCUT2D eigenvalue weighted by Gasteiger charge is 2.21. The Bertz CT molecular complexity index is 670. The van der Waals surface area contributed by atoms with Crippen molar-refractivity contribution in [3.63, 3.8) is 0 Å². The van der Waals surface area contributed by atoms with Crippen LogP contribution in [0.15, 0.2) is 4.79 Å². The van der Waals surface area contributed by atoms with Gasteiger partial charge in [-0.05, 0) is 18.6 Å². The van der Waals surface area contributed by atoms with Crippen molar-refractivity contribution in [3.8, 4) is 0 Å². The minimum Gasteiger partial charge on any atom is -0.340 e. The Kier molecular flexibility index (Phi) is 2.94. The van der Waals surface area contributed by atoms with E-state index in [1.807, 2.05) is 7.05 Å². The van der Waals surface area contributed by atoms with Crippen LogP contribution in [0.5, 0.6) is 0 Å². The van der Waals surface area contributed by atoms with Crippen LogP contribution in [-0.4, -0.2) is 57.6 Å². The summed E-state index contributed by atoms with van der Waals surface area (Å²) in [7, 11) is 3.92. The number of aromatic amines is 1. The number of imidazole rings is 1. The van der Waals surface area contributed by atoms with E-state index in [-0.39, 0.29) is 10.8 Å². The number of nitrogens with zero attached hydrogens (tertiary/aromatic N) is 5. The minimum absolute atomic E-state index is 0.0699. The van der Waals surface area contributed by atoms with Crippen molar-refractivity contribution >= 4 is 28.7 Å². The largest absolute Gasteiger partial charge is 0.340 e. The molecule has 0 amide bonds. The van der Waals surface area contributed by atoms with Gasteiger partial charge in [-0.3, -0.25) is 9.78 Å². The fourth-order valence-electron chi connectivity index (χ4n) is 2.37. The Morgan fingerprint density at radius 1 is 1.16 bits per heavy atom. The van der Waals surface area contributed by atoms with Crippen LogP contribution in [0.2, 0.25) is 5.28 Å². The van der Waals surface area contributed by atoms with Crippen LogP contribution >= 0.6 is 11.6 Å². The van der Waals surface area contributed by atoms with Gasteiger partial charge in [0.25, 0.3) is 5.56 Å². The summed E-state index contributed by atoms with van der Waals surface area (Å²) >= 11 is 5.75. The zero-order chi connectivity index (χ0) is 13.6. The van der Waals surface area contributed by atoms with Gasteiger partial charge in [0.05, 0.1) is 0 Å². The maximum Gasteiger partial charge on any atom is 0.278 e. The lowest BCUT2D eigenvalue weighted by molar-refractivity contribution is 0.310. The molecule has 102 valence electrons. The molecular formula is C11H15ClN6O. The molecule has 0 bridgehead atoms. The third-order valence-corrected chi connectivity index (χ3v) is 3.65. The molecule has 3 rings (SSSR count). The third-order valence-electron chi connectivity index (χ3n) is 3.48. The molecule has 7 nitrogen and oxygen atoms in total. The van der Waals surface area contributed by atoms with Gasteiger partial charge in [-0.1, -0.05) is 0 Å². The lowest BCUT2D eigenvalue weighted by Crippen LogP contribution is -2.45. The number of nitrogens with one attached hydrogen (secondary N) is 1. The van der Waals surface area contributed by atoms with E-state index < -0.39 is 0 Å². The van der Waals surface area contributed by atoms with Crippen molar-refractivity contribution in [3.05, 3.63) is 15.6 Å². The van der Waals surface area contributed by atoms with E-state index in [2.05, 4.69) is 31.8 Å². The fraction of sp³-hybridized carbons (Fsp3) is 0.545. The molecule has 8 heteroatoms. The number of anilines is 1. The third kappa shape index (κ3) is 2.08. The van der Waals surface area contributed by atoms with Crippen molar-refractivity contribution in [1.29, 1.82) is 0 Å². The highest BCUT2D eigenvalue weighted by atomic mass is 35.5. The number of aryl methyl sites for hydroxylation is 1. The summed E-state index contributed by atoms with van der Waals surface area (Å²) in [6.07, 6.45) is 0. The van der Waals surface area contributed by atoms with Crippen LogP contribution in [0.4, 0.5) is 5.95 Å². The molecule has 1 saturated heterocycles. The van der Waals surface area contributed by atoms with E-state index in [1.165, 1.54) is 0 Å². The predicted molar refractivity (Wildman–Crippen MR) is 73.8 cm³/mol. The topological polar surface area (TPSA) is 70.1 Å². The molecule has 1 aliphatic heterocycles. The van der Waals surface area contributed by atoms with Crippen LogP contribution in [0.1, 0.15) is 0 Å². The molecule has 1 N–H and O–H groups in total. The molecule has 0 saturated carbocycles. The molecule has 19 heavy (non-hydrogen) atoms. The number of likely N-dealkylation sites (N-methyl/N-ethyl adjacent to an activating group) is 1. The quantitative estimate of drug-likeness (QED) is 0.749. The van der Waals surface area contributed by atoms with E-state index in [4.69, 9.17) is 11.6 Å². The van der Waals surface area contributed by atoms with Crippen LogP contribution in [-0.2, 0) is 7.05 Å². The molecule has 2 aromatic heterocycles. The maximum atomic E-state index is 11.9. The standard InChI is InChI=1S/C11H15ClN6O/c1-16-3-5-18(6-4-16)11-14-8-7(17(11)2)9(19)15-10(12)13-8/h3-6H2,1-2H3,(H,13,15,19). The second-order valence-corrected chi connectivity index (χ2v) is 5.15. The SMILES string of the molecule is CN1CCN(c2nc3nc(Cl)[nH]c(=O)c3n2C)CC1. The molecule has 1 fully saturated rings. The molecule has 0 atom stereocenters. The number of H-pyrrole nitrogens is 1. The van der Waals surface area contributed by atoms with E-state index in [0.717, 1.165) is 32.1 Å². The Labute approximate surface area is 114 Å². The first-order valence-corrected chi connectivity index (χ1v) is 6.50. The highest BCUT2D eigenvalue weighted by Crippen LogP contribution is 2.19. The van der Waals surface area contributed by atoms with Gasteiger partial charge in [-0.25, -0.2) is 0 Å². The smallest absolute Gasteiger partial charge is 0.278 e. The predicted octanol–water partition coefficient (Wildman–Crippen LogP) is 0.0618. The average molecular weight is 283 g/mol. The molecule has 0 aliphatic carbocycles. The van der Waals surface area contributed by atoms with Crippen LogP contribution in [0.25, 0.3) is 11.2 Å². The molecule has 3 heterocycles. The summed E-state index contributed by atoms with van der Waals surface area (Å²) in [5, 5.41) is 0.0699. The maximum absolute atomic E-state index is 11.9. The monoisotopic (exact) mass is 282 g/mol. The molecule has 0 unspecified atom stereocenters.